The van der Waals surface area contributed by atoms with Crippen molar-refractivity contribution in [1.29, 1.82) is 0 Å². The van der Waals surface area contributed by atoms with Gasteiger partial charge in [-0.25, -0.2) is 0 Å². The van der Waals surface area contributed by atoms with Crippen molar-refractivity contribution in [3.8, 4) is 0 Å². The molecule has 1 aliphatic rings. The number of benzene rings is 1. The van der Waals surface area contributed by atoms with Gasteiger partial charge in [-0.2, -0.15) is 0 Å². The molecular formula is C20H23BrN4O3. The van der Waals surface area contributed by atoms with Gasteiger partial charge in [-0.3, -0.25) is 19.3 Å². The van der Waals surface area contributed by atoms with Crippen molar-refractivity contribution >= 4 is 39.2 Å². The zero-order chi connectivity index (χ0) is 20.1. The molecule has 1 aliphatic heterocycles. The Kier molecular flexibility index (Phi) is 6.64. The fourth-order valence-corrected chi connectivity index (χ4v) is 3.54. The molecule has 1 fully saturated rings. The number of hydrogen-bond donors (Lipinski definition) is 2. The number of nitrogens with one attached hydrogen (secondary N) is 2. The van der Waals surface area contributed by atoms with Gasteiger partial charge in [-0.05, 0) is 54.0 Å². The summed E-state index contributed by atoms with van der Waals surface area (Å²) < 4.78 is 0.796. The lowest BCUT2D eigenvalue weighted by Crippen LogP contribution is -2.34. The van der Waals surface area contributed by atoms with Crippen LogP contribution in [-0.4, -0.2) is 65.6 Å². The summed E-state index contributed by atoms with van der Waals surface area (Å²) in [6.07, 6.45) is 3.59. The predicted molar refractivity (Wildman–Crippen MR) is 111 cm³/mol. The summed E-state index contributed by atoms with van der Waals surface area (Å²) in [4.78, 5) is 43.4. The van der Waals surface area contributed by atoms with Gasteiger partial charge in [-0.15, -0.1) is 0 Å². The highest BCUT2D eigenvalue weighted by Crippen LogP contribution is 2.21. The van der Waals surface area contributed by atoms with E-state index >= 15 is 0 Å². The second-order valence-corrected chi connectivity index (χ2v) is 7.78. The van der Waals surface area contributed by atoms with E-state index in [1.165, 1.54) is 0 Å². The SMILES string of the molecule is CN(CC(=O)Nc1ccccc1Br)CC(=O)c1c[nH]c(C(=O)N2CCCC2)c1. The molecule has 0 unspecified atom stereocenters. The first-order valence-corrected chi connectivity index (χ1v) is 9.97. The molecule has 0 aliphatic carbocycles. The number of halogens is 1. The fourth-order valence-electron chi connectivity index (χ4n) is 3.16. The average molecular weight is 447 g/mol. The Hall–Kier alpha value is -2.45. The van der Waals surface area contributed by atoms with Gasteiger partial charge in [0, 0.05) is 29.3 Å². The number of carbonyl (C=O) groups is 3. The van der Waals surface area contributed by atoms with Crippen molar-refractivity contribution in [3.63, 3.8) is 0 Å². The third-order valence-corrected chi connectivity index (χ3v) is 5.30. The maximum atomic E-state index is 12.5. The van der Waals surface area contributed by atoms with Gasteiger partial charge in [-0.1, -0.05) is 12.1 Å². The van der Waals surface area contributed by atoms with Crippen LogP contribution in [0.1, 0.15) is 33.7 Å². The zero-order valence-corrected chi connectivity index (χ0v) is 17.3. The molecule has 8 heteroatoms. The molecule has 1 aromatic carbocycles. The smallest absolute Gasteiger partial charge is 0.270 e. The number of para-hydroxylation sites is 1. The van der Waals surface area contributed by atoms with Crippen LogP contribution in [0.5, 0.6) is 0 Å². The normalized spacial score (nSPS) is 13.8. The third-order valence-electron chi connectivity index (χ3n) is 4.60. The van der Waals surface area contributed by atoms with E-state index in [1.807, 2.05) is 18.2 Å². The van der Waals surface area contributed by atoms with Crippen LogP contribution in [0.4, 0.5) is 5.69 Å². The molecule has 2 N–H and O–H groups in total. The topological polar surface area (TPSA) is 85.5 Å². The quantitative estimate of drug-likeness (QED) is 0.640. The lowest BCUT2D eigenvalue weighted by molar-refractivity contribution is -0.116. The first-order chi connectivity index (χ1) is 13.4. The van der Waals surface area contributed by atoms with E-state index in [-0.39, 0.29) is 30.7 Å². The summed E-state index contributed by atoms with van der Waals surface area (Å²) in [6.45, 7) is 1.68. The third kappa shape index (κ3) is 5.08. The molecule has 2 aromatic rings. The van der Waals surface area contributed by atoms with Crippen LogP contribution in [0.3, 0.4) is 0 Å². The molecule has 3 rings (SSSR count). The van der Waals surface area contributed by atoms with Gasteiger partial charge < -0.3 is 15.2 Å². The van der Waals surface area contributed by atoms with Crippen molar-refractivity contribution in [2.45, 2.75) is 12.8 Å². The number of carbonyl (C=O) groups excluding carboxylic acids is 3. The number of rotatable bonds is 7. The van der Waals surface area contributed by atoms with E-state index in [1.54, 1.807) is 35.2 Å². The van der Waals surface area contributed by atoms with Crippen molar-refractivity contribution in [1.82, 2.24) is 14.8 Å². The molecule has 7 nitrogen and oxygen atoms in total. The highest BCUT2D eigenvalue weighted by molar-refractivity contribution is 9.10. The lowest BCUT2D eigenvalue weighted by atomic mass is 10.2. The number of hydrogen-bond acceptors (Lipinski definition) is 4. The van der Waals surface area contributed by atoms with Gasteiger partial charge in [0.1, 0.15) is 5.69 Å². The van der Waals surface area contributed by atoms with Crippen LogP contribution < -0.4 is 5.32 Å². The van der Waals surface area contributed by atoms with Crippen molar-refractivity contribution in [3.05, 3.63) is 52.3 Å². The van der Waals surface area contributed by atoms with Crippen LogP contribution in [0.25, 0.3) is 0 Å². The van der Waals surface area contributed by atoms with E-state index < -0.39 is 0 Å². The minimum atomic E-state index is -0.207. The Labute approximate surface area is 172 Å². The molecule has 148 valence electrons. The summed E-state index contributed by atoms with van der Waals surface area (Å²) in [5.41, 5.74) is 1.56. The van der Waals surface area contributed by atoms with Crippen molar-refractivity contribution < 1.29 is 14.4 Å². The van der Waals surface area contributed by atoms with Gasteiger partial charge in [0.2, 0.25) is 5.91 Å². The molecule has 2 amide bonds. The molecule has 0 radical (unpaired) electrons. The van der Waals surface area contributed by atoms with Crippen LogP contribution in [0.15, 0.2) is 41.0 Å². The van der Waals surface area contributed by atoms with Gasteiger partial charge in [0.15, 0.2) is 5.78 Å². The first-order valence-electron chi connectivity index (χ1n) is 9.18. The number of Topliss-reactive ketones (excluding diaryl/α,β-unsaturated/α-hetero) is 1. The van der Waals surface area contributed by atoms with Crippen LogP contribution in [-0.2, 0) is 4.79 Å². The van der Waals surface area contributed by atoms with Crippen LogP contribution in [0.2, 0.25) is 0 Å². The van der Waals surface area contributed by atoms with Crippen LogP contribution in [0, 0.1) is 0 Å². The minimum Gasteiger partial charge on any atom is -0.356 e. The largest absolute Gasteiger partial charge is 0.356 e. The number of nitrogens with zero attached hydrogens (tertiary/aromatic N) is 2. The maximum Gasteiger partial charge on any atom is 0.270 e. The summed E-state index contributed by atoms with van der Waals surface area (Å²) in [6, 6.07) is 8.93. The summed E-state index contributed by atoms with van der Waals surface area (Å²) in [5.74, 6) is -0.424. The Bertz CT molecular complexity index is 874. The monoisotopic (exact) mass is 446 g/mol. The number of aromatic nitrogens is 1. The zero-order valence-electron chi connectivity index (χ0n) is 15.7. The highest BCUT2D eigenvalue weighted by atomic mass is 79.9. The predicted octanol–water partition coefficient (Wildman–Crippen LogP) is 2.77. The van der Waals surface area contributed by atoms with E-state index in [4.69, 9.17) is 0 Å². The standard InChI is InChI=1S/C20H23BrN4O3/c1-24(13-19(27)23-16-7-3-2-6-15(16)21)12-18(26)14-10-17(22-11-14)20(28)25-8-4-5-9-25/h2-3,6-7,10-11,22H,4-5,8-9,12-13H2,1H3,(H,23,27). The highest BCUT2D eigenvalue weighted by Gasteiger charge is 2.22. The Balaban J connectivity index is 1.52. The van der Waals surface area contributed by atoms with Gasteiger partial charge in [0.05, 0.1) is 18.8 Å². The minimum absolute atomic E-state index is 0.0716. The molecule has 0 saturated carbocycles. The molecule has 1 aromatic heterocycles. The second-order valence-electron chi connectivity index (χ2n) is 6.92. The number of amides is 2. The fraction of sp³-hybridized carbons (Fsp3) is 0.350. The summed E-state index contributed by atoms with van der Waals surface area (Å²) in [7, 11) is 1.71. The first kappa shape index (κ1) is 20.3. The van der Waals surface area contributed by atoms with Crippen LogP contribution >= 0.6 is 15.9 Å². The van der Waals surface area contributed by atoms with Gasteiger partial charge >= 0.3 is 0 Å². The van der Waals surface area contributed by atoms with E-state index in [2.05, 4.69) is 26.2 Å². The van der Waals surface area contributed by atoms with Gasteiger partial charge in [0.25, 0.3) is 5.91 Å². The molecule has 0 spiro atoms. The number of anilines is 1. The number of likely N-dealkylation sites (N-methyl/N-ethyl adjacent to an activating group) is 1. The molecule has 28 heavy (non-hydrogen) atoms. The average Bonchev–Trinajstić information content (AvgIpc) is 3.35. The molecule has 0 bridgehead atoms. The molecule has 2 heterocycles. The van der Waals surface area contributed by atoms with E-state index in [9.17, 15) is 14.4 Å². The Morgan fingerprint density at radius 3 is 2.61 bits per heavy atom. The number of likely N-dealkylation sites (tertiary alicyclic amines) is 1. The summed E-state index contributed by atoms with van der Waals surface area (Å²) >= 11 is 3.38. The van der Waals surface area contributed by atoms with E-state index in [0.29, 0.717) is 16.9 Å². The van der Waals surface area contributed by atoms with E-state index in [0.717, 1.165) is 30.4 Å². The number of H-pyrrole nitrogens is 1. The second kappa shape index (κ2) is 9.16. The lowest BCUT2D eigenvalue weighted by Gasteiger charge is -2.15. The summed E-state index contributed by atoms with van der Waals surface area (Å²) in [5, 5.41) is 2.81. The molecular weight excluding hydrogens is 424 g/mol. The number of aromatic amines is 1. The number of ketones is 1. The molecule has 1 saturated heterocycles. The Morgan fingerprint density at radius 2 is 1.89 bits per heavy atom. The van der Waals surface area contributed by atoms with Crippen molar-refractivity contribution in [2.24, 2.45) is 0 Å². The molecule has 0 atom stereocenters. The maximum absolute atomic E-state index is 12.5. The van der Waals surface area contributed by atoms with Crippen molar-refractivity contribution in [2.75, 3.05) is 38.5 Å². The Morgan fingerprint density at radius 1 is 1.18 bits per heavy atom.